The number of aliphatic hydroxyl groups is 1. The fourth-order valence-corrected chi connectivity index (χ4v) is 1.74. The number of likely N-dealkylation sites (tertiary alicyclic amines) is 1. The number of carbonyl (C=O) groups excluding carboxylic acids is 1. The molecule has 1 aliphatic rings. The van der Waals surface area contributed by atoms with Crippen LogP contribution in [-0.2, 0) is 7.05 Å². The monoisotopic (exact) mass is 210 g/mol. The summed E-state index contributed by atoms with van der Waals surface area (Å²) in [6.45, 7) is 2.36. The summed E-state index contributed by atoms with van der Waals surface area (Å²) < 4.78 is 1.50. The standard InChI is InChI=1S/C9H14N4O2/c1-9(15)4-13(5-9)8(14)7-6(10)3-12(2)11-7/h3,15H,4-5,10H2,1-2H3. The Kier molecular flexibility index (Phi) is 1.97. The van der Waals surface area contributed by atoms with Gasteiger partial charge in [0.1, 0.15) is 0 Å². The van der Waals surface area contributed by atoms with Crippen LogP contribution in [0.25, 0.3) is 0 Å². The van der Waals surface area contributed by atoms with Crippen LogP contribution in [0, 0.1) is 0 Å². The number of aryl methyl sites for hydroxylation is 1. The number of hydrogen-bond acceptors (Lipinski definition) is 4. The van der Waals surface area contributed by atoms with Crippen LogP contribution in [0.1, 0.15) is 17.4 Å². The molecule has 0 atom stereocenters. The number of aromatic nitrogens is 2. The van der Waals surface area contributed by atoms with Crippen LogP contribution in [0.3, 0.4) is 0 Å². The number of nitrogen functional groups attached to an aromatic ring is 1. The maximum absolute atomic E-state index is 11.8. The first-order valence-electron chi connectivity index (χ1n) is 4.70. The highest BCUT2D eigenvalue weighted by molar-refractivity contribution is 5.97. The zero-order chi connectivity index (χ0) is 11.2. The highest BCUT2D eigenvalue weighted by Crippen LogP contribution is 2.23. The van der Waals surface area contributed by atoms with Gasteiger partial charge in [-0.25, -0.2) is 0 Å². The first kappa shape index (κ1) is 9.97. The summed E-state index contributed by atoms with van der Waals surface area (Å²) in [4.78, 5) is 13.3. The number of anilines is 1. The van der Waals surface area contributed by atoms with Crippen molar-refractivity contribution < 1.29 is 9.90 Å². The second-order valence-electron chi connectivity index (χ2n) is 4.26. The summed E-state index contributed by atoms with van der Waals surface area (Å²) >= 11 is 0. The van der Waals surface area contributed by atoms with Gasteiger partial charge in [-0.05, 0) is 6.92 Å². The molecular formula is C9H14N4O2. The minimum Gasteiger partial charge on any atom is -0.396 e. The summed E-state index contributed by atoms with van der Waals surface area (Å²) in [5, 5.41) is 13.5. The third-order valence-corrected chi connectivity index (χ3v) is 2.41. The molecule has 0 unspecified atom stereocenters. The molecule has 0 bridgehead atoms. The van der Waals surface area contributed by atoms with Crippen LogP contribution in [0.5, 0.6) is 0 Å². The van der Waals surface area contributed by atoms with E-state index in [2.05, 4.69) is 5.10 Å². The van der Waals surface area contributed by atoms with Gasteiger partial charge in [0.25, 0.3) is 5.91 Å². The van der Waals surface area contributed by atoms with E-state index in [1.807, 2.05) is 0 Å². The van der Waals surface area contributed by atoms with Gasteiger partial charge in [-0.15, -0.1) is 0 Å². The van der Waals surface area contributed by atoms with Crippen LogP contribution < -0.4 is 5.73 Å². The van der Waals surface area contributed by atoms with E-state index in [1.165, 1.54) is 9.58 Å². The molecule has 1 aliphatic heterocycles. The summed E-state index contributed by atoms with van der Waals surface area (Å²) in [7, 11) is 1.71. The largest absolute Gasteiger partial charge is 0.396 e. The highest BCUT2D eigenvalue weighted by Gasteiger charge is 2.40. The van der Waals surface area contributed by atoms with Gasteiger partial charge < -0.3 is 15.7 Å². The lowest BCUT2D eigenvalue weighted by molar-refractivity contribution is -0.0670. The van der Waals surface area contributed by atoms with Crippen LogP contribution in [0.2, 0.25) is 0 Å². The number of carbonyl (C=O) groups is 1. The fourth-order valence-electron chi connectivity index (χ4n) is 1.74. The first-order valence-corrected chi connectivity index (χ1v) is 4.70. The zero-order valence-corrected chi connectivity index (χ0v) is 8.77. The Balaban J connectivity index is 2.13. The second-order valence-corrected chi connectivity index (χ2v) is 4.26. The van der Waals surface area contributed by atoms with Crippen LogP contribution in [0.15, 0.2) is 6.20 Å². The SMILES string of the molecule is Cn1cc(N)c(C(=O)N2CC(C)(O)C2)n1. The fraction of sp³-hybridized carbons (Fsp3) is 0.556. The molecule has 0 aromatic carbocycles. The minimum atomic E-state index is -0.765. The van der Waals surface area contributed by atoms with E-state index in [1.54, 1.807) is 20.2 Å². The van der Waals surface area contributed by atoms with Gasteiger partial charge in [0.05, 0.1) is 24.4 Å². The molecule has 1 aromatic rings. The molecular weight excluding hydrogens is 196 g/mol. The van der Waals surface area contributed by atoms with Crippen molar-refractivity contribution in [2.75, 3.05) is 18.8 Å². The molecule has 15 heavy (non-hydrogen) atoms. The van der Waals surface area contributed by atoms with Crippen molar-refractivity contribution in [3.05, 3.63) is 11.9 Å². The average molecular weight is 210 g/mol. The van der Waals surface area contributed by atoms with Crippen LogP contribution >= 0.6 is 0 Å². The van der Waals surface area contributed by atoms with Gasteiger partial charge in [0.15, 0.2) is 5.69 Å². The van der Waals surface area contributed by atoms with Gasteiger partial charge in [-0.1, -0.05) is 0 Å². The van der Waals surface area contributed by atoms with Crippen LogP contribution in [0.4, 0.5) is 5.69 Å². The Morgan fingerprint density at radius 2 is 2.27 bits per heavy atom. The van der Waals surface area contributed by atoms with E-state index >= 15 is 0 Å². The molecule has 1 fully saturated rings. The predicted molar refractivity (Wildman–Crippen MR) is 54.1 cm³/mol. The second kappa shape index (κ2) is 2.96. The van der Waals surface area contributed by atoms with E-state index in [-0.39, 0.29) is 11.6 Å². The molecule has 1 aromatic heterocycles. The first-order chi connectivity index (χ1) is 6.89. The predicted octanol–water partition coefficient (Wildman–Crippen LogP) is -0.791. The Morgan fingerprint density at radius 3 is 2.67 bits per heavy atom. The highest BCUT2D eigenvalue weighted by atomic mass is 16.3. The third-order valence-electron chi connectivity index (χ3n) is 2.41. The van der Waals surface area contributed by atoms with Crippen molar-refractivity contribution in [2.24, 2.45) is 7.05 Å². The van der Waals surface area contributed by atoms with E-state index in [0.29, 0.717) is 18.8 Å². The maximum atomic E-state index is 11.8. The molecule has 0 spiro atoms. The van der Waals surface area contributed by atoms with Crippen molar-refractivity contribution in [2.45, 2.75) is 12.5 Å². The summed E-state index contributed by atoms with van der Waals surface area (Å²) in [5.74, 6) is -0.223. The zero-order valence-electron chi connectivity index (χ0n) is 8.77. The molecule has 3 N–H and O–H groups in total. The van der Waals surface area contributed by atoms with Gasteiger partial charge in [-0.2, -0.15) is 5.10 Å². The molecule has 6 heteroatoms. The Labute approximate surface area is 87.3 Å². The number of nitrogens with two attached hydrogens (primary N) is 1. The molecule has 0 saturated carbocycles. The Hall–Kier alpha value is -1.56. The summed E-state index contributed by atoms with van der Waals surface area (Å²) in [6.07, 6.45) is 1.59. The number of β-amino-alcohol motifs (C(OH)–C–C–N with tert-alkyl or cyclic N) is 1. The number of hydrogen-bond donors (Lipinski definition) is 2. The Morgan fingerprint density at radius 1 is 1.67 bits per heavy atom. The van der Waals surface area contributed by atoms with E-state index in [0.717, 1.165) is 0 Å². The minimum absolute atomic E-state index is 0.223. The quantitative estimate of drug-likeness (QED) is 0.636. The molecule has 2 rings (SSSR count). The van der Waals surface area contributed by atoms with Crippen molar-refractivity contribution in [3.63, 3.8) is 0 Å². The van der Waals surface area contributed by atoms with Gasteiger partial charge in [0, 0.05) is 13.2 Å². The third kappa shape index (κ3) is 1.68. The lowest BCUT2D eigenvalue weighted by atomic mass is 9.96. The van der Waals surface area contributed by atoms with Gasteiger partial charge in [-0.3, -0.25) is 9.48 Å². The van der Waals surface area contributed by atoms with Gasteiger partial charge in [0.2, 0.25) is 0 Å². The van der Waals surface area contributed by atoms with E-state index < -0.39 is 5.60 Å². The van der Waals surface area contributed by atoms with E-state index in [9.17, 15) is 9.90 Å². The van der Waals surface area contributed by atoms with Crippen molar-refractivity contribution in [1.29, 1.82) is 0 Å². The molecule has 1 saturated heterocycles. The molecule has 1 amide bonds. The topological polar surface area (TPSA) is 84.4 Å². The van der Waals surface area contributed by atoms with Crippen molar-refractivity contribution in [3.8, 4) is 0 Å². The average Bonchev–Trinajstić information content (AvgIpc) is 2.40. The van der Waals surface area contributed by atoms with Gasteiger partial charge >= 0.3 is 0 Å². The lowest BCUT2D eigenvalue weighted by Crippen LogP contribution is -2.61. The summed E-state index contributed by atoms with van der Waals surface area (Å²) in [6, 6.07) is 0. The molecule has 6 nitrogen and oxygen atoms in total. The number of amides is 1. The normalized spacial score (nSPS) is 18.7. The number of rotatable bonds is 1. The van der Waals surface area contributed by atoms with Crippen molar-refractivity contribution in [1.82, 2.24) is 14.7 Å². The molecule has 82 valence electrons. The summed E-state index contributed by atoms with van der Waals surface area (Å²) in [5.41, 5.74) is 5.50. The molecule has 2 heterocycles. The molecule has 0 aliphatic carbocycles. The van der Waals surface area contributed by atoms with Crippen molar-refractivity contribution >= 4 is 11.6 Å². The number of nitrogens with zero attached hydrogens (tertiary/aromatic N) is 3. The Bertz CT molecular complexity index is 402. The lowest BCUT2D eigenvalue weighted by Gasteiger charge is -2.43. The van der Waals surface area contributed by atoms with Crippen LogP contribution in [-0.4, -0.2) is 44.4 Å². The molecule has 0 radical (unpaired) electrons. The van der Waals surface area contributed by atoms with E-state index in [4.69, 9.17) is 5.73 Å². The smallest absolute Gasteiger partial charge is 0.276 e. The maximum Gasteiger partial charge on any atom is 0.276 e.